The first-order chi connectivity index (χ1) is 13.8. The molecule has 10 heteroatoms. The summed E-state index contributed by atoms with van der Waals surface area (Å²) in [5, 5.41) is 3.63. The number of hydrogen-bond acceptors (Lipinski definition) is 5. The fourth-order valence-electron chi connectivity index (χ4n) is 4.27. The topological polar surface area (TPSA) is 66.6 Å². The van der Waals surface area contributed by atoms with Crippen molar-refractivity contribution in [2.45, 2.75) is 51.6 Å². The summed E-state index contributed by atoms with van der Waals surface area (Å²) in [6, 6.07) is 1.71. The molecule has 0 atom stereocenters. The van der Waals surface area contributed by atoms with Gasteiger partial charge < -0.3 is 9.80 Å². The molecule has 1 amide bonds. The molecule has 7 nitrogen and oxygen atoms in total. The van der Waals surface area contributed by atoms with Gasteiger partial charge in [-0.2, -0.15) is 22.7 Å². The number of fused-ring (bicyclic) bond motifs is 1. The Kier molecular flexibility index (Phi) is 5.35. The van der Waals surface area contributed by atoms with Gasteiger partial charge in [-0.25, -0.2) is 4.98 Å². The number of carbonyl (C=O) groups is 1. The number of nitrogens with zero attached hydrogens (tertiary/aromatic N) is 6. The van der Waals surface area contributed by atoms with Crippen LogP contribution in [-0.2, 0) is 11.0 Å². The molecule has 0 spiro atoms. The van der Waals surface area contributed by atoms with E-state index in [0.717, 1.165) is 17.4 Å². The number of hydrogen-bond donors (Lipinski definition) is 0. The highest BCUT2D eigenvalue weighted by Crippen LogP contribution is 2.29. The van der Waals surface area contributed by atoms with Crippen LogP contribution in [0.4, 0.5) is 19.0 Å². The molecule has 3 heterocycles. The smallest absolute Gasteiger partial charge is 0.353 e. The molecular formula is C19H25F3N6O. The number of piperazine rings is 1. The second kappa shape index (κ2) is 7.79. The highest BCUT2D eigenvalue weighted by atomic mass is 19.4. The summed E-state index contributed by atoms with van der Waals surface area (Å²) in [4.78, 5) is 24.1. The van der Waals surface area contributed by atoms with Gasteiger partial charge in [0.15, 0.2) is 0 Å². The van der Waals surface area contributed by atoms with Gasteiger partial charge in [-0.15, -0.1) is 5.10 Å². The third-order valence-corrected chi connectivity index (χ3v) is 5.82. The summed E-state index contributed by atoms with van der Waals surface area (Å²) in [7, 11) is 0. The number of carbonyl (C=O) groups excluding carboxylic acids is 1. The average Bonchev–Trinajstić information content (AvgIpc) is 3.13. The van der Waals surface area contributed by atoms with Crippen LogP contribution in [-0.4, -0.2) is 56.6 Å². The lowest BCUT2D eigenvalue weighted by Crippen LogP contribution is -2.49. The quantitative estimate of drug-likeness (QED) is 0.778. The van der Waals surface area contributed by atoms with Gasteiger partial charge in [-0.3, -0.25) is 4.79 Å². The van der Waals surface area contributed by atoms with E-state index < -0.39 is 12.0 Å². The van der Waals surface area contributed by atoms with E-state index in [1.54, 1.807) is 13.0 Å². The van der Waals surface area contributed by atoms with Crippen molar-refractivity contribution in [1.29, 1.82) is 0 Å². The number of halogens is 3. The van der Waals surface area contributed by atoms with E-state index in [0.29, 0.717) is 50.0 Å². The number of alkyl halides is 3. The summed E-state index contributed by atoms with van der Waals surface area (Å²) in [6.45, 7) is 3.90. The molecule has 1 saturated heterocycles. The molecule has 0 unspecified atom stereocenters. The van der Waals surface area contributed by atoms with Crippen molar-refractivity contribution in [3.63, 3.8) is 0 Å². The zero-order valence-electron chi connectivity index (χ0n) is 16.5. The van der Waals surface area contributed by atoms with E-state index in [-0.39, 0.29) is 11.7 Å². The lowest BCUT2D eigenvalue weighted by atomic mass is 9.86. The standard InChI is InChI=1S/C19H25F3N6O/c1-13-11-15(28-18(23-13)24-17(25-28)19(20,21)22)26-7-9-27(10-8-26)16(29)12-14-5-3-2-4-6-14/h11,14H,2-10,12H2,1H3. The van der Waals surface area contributed by atoms with E-state index in [4.69, 9.17) is 0 Å². The zero-order valence-corrected chi connectivity index (χ0v) is 16.5. The first kappa shape index (κ1) is 19.9. The van der Waals surface area contributed by atoms with Crippen LogP contribution in [0.5, 0.6) is 0 Å². The van der Waals surface area contributed by atoms with Gasteiger partial charge in [0, 0.05) is 44.4 Å². The van der Waals surface area contributed by atoms with Crippen molar-refractivity contribution in [3.8, 4) is 0 Å². The predicted molar refractivity (Wildman–Crippen MR) is 101 cm³/mol. The Morgan fingerprint density at radius 1 is 1.10 bits per heavy atom. The van der Waals surface area contributed by atoms with Gasteiger partial charge in [0.05, 0.1) is 0 Å². The maximum Gasteiger partial charge on any atom is 0.453 e. The number of aryl methyl sites for hydroxylation is 1. The molecule has 158 valence electrons. The molecule has 0 radical (unpaired) electrons. The normalized spacial score (nSPS) is 19.2. The highest BCUT2D eigenvalue weighted by Gasteiger charge is 2.37. The summed E-state index contributed by atoms with van der Waals surface area (Å²) in [5.74, 6) is -0.0587. The van der Waals surface area contributed by atoms with Gasteiger partial charge in [0.25, 0.3) is 11.6 Å². The molecule has 0 bridgehead atoms. The molecule has 0 aromatic carbocycles. The number of amides is 1. The third kappa shape index (κ3) is 4.30. The highest BCUT2D eigenvalue weighted by molar-refractivity contribution is 5.76. The van der Waals surface area contributed by atoms with Gasteiger partial charge >= 0.3 is 6.18 Å². The molecule has 1 saturated carbocycles. The third-order valence-electron chi connectivity index (χ3n) is 5.82. The molecular weight excluding hydrogens is 385 g/mol. The largest absolute Gasteiger partial charge is 0.453 e. The number of anilines is 1. The molecule has 2 fully saturated rings. The average molecular weight is 410 g/mol. The van der Waals surface area contributed by atoms with Gasteiger partial charge in [0.2, 0.25) is 5.91 Å². The Morgan fingerprint density at radius 2 is 1.79 bits per heavy atom. The van der Waals surface area contributed by atoms with Crippen molar-refractivity contribution in [3.05, 3.63) is 17.6 Å². The van der Waals surface area contributed by atoms with Crippen molar-refractivity contribution >= 4 is 17.5 Å². The predicted octanol–water partition coefficient (Wildman–Crippen LogP) is 3.07. The lowest BCUT2D eigenvalue weighted by Gasteiger charge is -2.36. The maximum absolute atomic E-state index is 13.0. The van der Waals surface area contributed by atoms with Crippen molar-refractivity contribution in [1.82, 2.24) is 24.5 Å². The van der Waals surface area contributed by atoms with Crippen molar-refractivity contribution < 1.29 is 18.0 Å². The van der Waals surface area contributed by atoms with Crippen LogP contribution >= 0.6 is 0 Å². The Morgan fingerprint density at radius 3 is 2.45 bits per heavy atom. The Balaban J connectivity index is 1.46. The molecule has 1 aliphatic carbocycles. The van der Waals surface area contributed by atoms with E-state index in [1.807, 2.05) is 9.80 Å². The minimum absolute atomic E-state index is 0.0665. The fraction of sp³-hybridized carbons (Fsp3) is 0.684. The second-order valence-electron chi connectivity index (χ2n) is 7.98. The molecule has 2 aliphatic rings. The molecule has 2 aromatic heterocycles. The Labute approximate surface area is 166 Å². The maximum atomic E-state index is 13.0. The first-order valence-corrected chi connectivity index (χ1v) is 10.2. The first-order valence-electron chi connectivity index (χ1n) is 10.2. The van der Waals surface area contributed by atoms with Crippen molar-refractivity contribution in [2.24, 2.45) is 5.92 Å². The van der Waals surface area contributed by atoms with Gasteiger partial charge in [0.1, 0.15) is 5.82 Å². The zero-order chi connectivity index (χ0) is 20.6. The van der Waals surface area contributed by atoms with E-state index in [2.05, 4.69) is 15.1 Å². The lowest BCUT2D eigenvalue weighted by molar-refractivity contribution is -0.144. The molecule has 1 aliphatic heterocycles. The second-order valence-corrected chi connectivity index (χ2v) is 7.98. The minimum atomic E-state index is -4.62. The fourth-order valence-corrected chi connectivity index (χ4v) is 4.27. The van der Waals surface area contributed by atoms with E-state index >= 15 is 0 Å². The summed E-state index contributed by atoms with van der Waals surface area (Å²) >= 11 is 0. The van der Waals surface area contributed by atoms with Crippen LogP contribution in [0.1, 0.15) is 50.0 Å². The molecule has 4 rings (SSSR count). The SMILES string of the molecule is Cc1cc(N2CCN(C(=O)CC3CCCCC3)CC2)n2nc(C(F)(F)F)nc2n1. The summed E-state index contributed by atoms with van der Waals surface area (Å²) < 4.78 is 40.2. The van der Waals surface area contributed by atoms with Gasteiger partial charge in [-0.05, 0) is 25.7 Å². The molecule has 0 N–H and O–H groups in total. The summed E-state index contributed by atoms with van der Waals surface area (Å²) in [6.07, 6.45) is 1.94. The number of rotatable bonds is 3. The minimum Gasteiger partial charge on any atom is -0.353 e. The van der Waals surface area contributed by atoms with Crippen molar-refractivity contribution in [2.75, 3.05) is 31.1 Å². The Hall–Kier alpha value is -2.39. The molecule has 2 aromatic rings. The monoisotopic (exact) mass is 410 g/mol. The van der Waals surface area contributed by atoms with Gasteiger partial charge in [-0.1, -0.05) is 19.3 Å². The molecule has 29 heavy (non-hydrogen) atoms. The van der Waals surface area contributed by atoms with E-state index in [1.165, 1.54) is 19.3 Å². The summed E-state index contributed by atoms with van der Waals surface area (Å²) in [5.41, 5.74) is 0.574. The number of aromatic nitrogens is 4. The van der Waals surface area contributed by atoms with Crippen LogP contribution in [0.15, 0.2) is 6.07 Å². The van der Waals surface area contributed by atoms with E-state index in [9.17, 15) is 18.0 Å². The van der Waals surface area contributed by atoms with Crippen LogP contribution < -0.4 is 4.90 Å². The van der Waals surface area contributed by atoms with Crippen LogP contribution in [0.25, 0.3) is 5.78 Å². The Bertz CT molecular complexity index is 882. The van der Waals surface area contributed by atoms with Crippen LogP contribution in [0.3, 0.4) is 0 Å². The van der Waals surface area contributed by atoms with Crippen LogP contribution in [0, 0.1) is 12.8 Å². The van der Waals surface area contributed by atoms with Crippen LogP contribution in [0.2, 0.25) is 0 Å².